The fourth-order valence-corrected chi connectivity index (χ4v) is 1.62. The quantitative estimate of drug-likeness (QED) is 0.376. The van der Waals surface area contributed by atoms with Gasteiger partial charge in [-0.05, 0) is 21.1 Å². The van der Waals surface area contributed by atoms with Crippen LogP contribution in [0, 0.1) is 0 Å². The number of likely N-dealkylation sites (N-methyl/N-ethyl adjacent to an activating group) is 2. The van der Waals surface area contributed by atoms with Crippen molar-refractivity contribution in [3.8, 4) is 0 Å². The molecule has 4 N–H and O–H groups in total. The van der Waals surface area contributed by atoms with Crippen LogP contribution in [0.25, 0.3) is 0 Å². The minimum Gasteiger partial charge on any atom is -0.311 e. The van der Waals surface area contributed by atoms with Crippen LogP contribution < -0.4 is 21.4 Å². The molecule has 12 heavy (non-hydrogen) atoms. The van der Waals surface area contributed by atoms with Crippen molar-refractivity contribution >= 4 is 0 Å². The molecule has 0 unspecified atom stereocenters. The Bertz CT molecular complexity index is 134. The van der Waals surface area contributed by atoms with Crippen LogP contribution in [0.5, 0.6) is 0 Å². The molecule has 1 aliphatic heterocycles. The molecular weight excluding hydrogens is 154 g/mol. The average Bonchev–Trinajstić information content (AvgIpc) is 2.17. The Morgan fingerprint density at radius 3 is 2.33 bits per heavy atom. The van der Waals surface area contributed by atoms with Crippen molar-refractivity contribution < 1.29 is 0 Å². The van der Waals surface area contributed by atoms with Crippen molar-refractivity contribution in [2.24, 2.45) is 0 Å². The van der Waals surface area contributed by atoms with Gasteiger partial charge in [-0.1, -0.05) is 0 Å². The standard InChI is InChI=1S/C7H19N5/c1-8-7(9-2)6-11-4-5-12(7)10-3/h8-11H,4-6H2,1-3H3. The second-order valence-corrected chi connectivity index (χ2v) is 2.91. The highest BCUT2D eigenvalue weighted by Gasteiger charge is 2.35. The monoisotopic (exact) mass is 173 g/mol. The molecule has 0 bridgehead atoms. The number of rotatable bonds is 3. The zero-order valence-electron chi connectivity index (χ0n) is 8.07. The van der Waals surface area contributed by atoms with E-state index in [1.165, 1.54) is 0 Å². The molecule has 72 valence electrons. The predicted octanol–water partition coefficient (Wildman–Crippen LogP) is -1.88. The normalized spacial score (nSPS) is 24.2. The Kier molecular flexibility index (Phi) is 3.42. The lowest BCUT2D eigenvalue weighted by molar-refractivity contribution is -0.0217. The first kappa shape index (κ1) is 9.88. The third-order valence-corrected chi connectivity index (χ3v) is 2.45. The second kappa shape index (κ2) is 4.15. The molecule has 0 saturated carbocycles. The van der Waals surface area contributed by atoms with E-state index in [2.05, 4.69) is 26.4 Å². The van der Waals surface area contributed by atoms with Gasteiger partial charge in [0.15, 0.2) is 5.79 Å². The highest BCUT2D eigenvalue weighted by atomic mass is 15.6. The van der Waals surface area contributed by atoms with E-state index in [1.807, 2.05) is 21.1 Å². The number of nitrogens with one attached hydrogen (secondary N) is 4. The molecule has 0 amide bonds. The summed E-state index contributed by atoms with van der Waals surface area (Å²) in [4.78, 5) is 0. The van der Waals surface area contributed by atoms with Crippen LogP contribution in [0.2, 0.25) is 0 Å². The summed E-state index contributed by atoms with van der Waals surface area (Å²) in [7, 11) is 5.84. The first-order valence-corrected chi connectivity index (χ1v) is 4.32. The summed E-state index contributed by atoms with van der Waals surface area (Å²) >= 11 is 0. The van der Waals surface area contributed by atoms with Gasteiger partial charge in [-0.2, -0.15) is 0 Å². The van der Waals surface area contributed by atoms with Gasteiger partial charge >= 0.3 is 0 Å². The van der Waals surface area contributed by atoms with Crippen molar-refractivity contribution in [3.05, 3.63) is 0 Å². The van der Waals surface area contributed by atoms with E-state index >= 15 is 0 Å². The van der Waals surface area contributed by atoms with Crippen LogP contribution in [-0.4, -0.2) is 51.6 Å². The molecule has 0 spiro atoms. The summed E-state index contributed by atoms with van der Waals surface area (Å²) in [6, 6.07) is 0. The van der Waals surface area contributed by atoms with Gasteiger partial charge in [0.05, 0.1) is 0 Å². The summed E-state index contributed by atoms with van der Waals surface area (Å²) < 4.78 is 0. The zero-order chi connectivity index (χ0) is 9.03. The Morgan fingerprint density at radius 1 is 1.25 bits per heavy atom. The van der Waals surface area contributed by atoms with Crippen LogP contribution in [0.4, 0.5) is 0 Å². The van der Waals surface area contributed by atoms with Crippen molar-refractivity contribution in [2.75, 3.05) is 40.8 Å². The largest absolute Gasteiger partial charge is 0.311 e. The Balaban J connectivity index is 2.66. The molecule has 5 nitrogen and oxygen atoms in total. The van der Waals surface area contributed by atoms with Crippen molar-refractivity contribution in [1.82, 2.24) is 26.4 Å². The van der Waals surface area contributed by atoms with Crippen LogP contribution >= 0.6 is 0 Å². The molecule has 5 heteroatoms. The fourth-order valence-electron chi connectivity index (χ4n) is 1.62. The molecule has 1 heterocycles. The zero-order valence-corrected chi connectivity index (χ0v) is 8.07. The van der Waals surface area contributed by atoms with E-state index in [1.54, 1.807) is 0 Å². The van der Waals surface area contributed by atoms with Gasteiger partial charge in [-0.25, -0.2) is 5.01 Å². The lowest BCUT2D eigenvalue weighted by atomic mass is 10.2. The van der Waals surface area contributed by atoms with E-state index in [-0.39, 0.29) is 5.79 Å². The second-order valence-electron chi connectivity index (χ2n) is 2.91. The number of hydrogen-bond acceptors (Lipinski definition) is 5. The van der Waals surface area contributed by atoms with Gasteiger partial charge in [-0.15, -0.1) is 0 Å². The molecule has 1 rings (SSSR count). The van der Waals surface area contributed by atoms with E-state index < -0.39 is 0 Å². The fraction of sp³-hybridized carbons (Fsp3) is 1.00. The first-order valence-electron chi connectivity index (χ1n) is 4.32. The molecule has 1 fully saturated rings. The lowest BCUT2D eigenvalue weighted by Crippen LogP contribution is -2.76. The molecule has 0 aliphatic carbocycles. The molecule has 0 aromatic heterocycles. The van der Waals surface area contributed by atoms with Gasteiger partial charge in [0.2, 0.25) is 0 Å². The predicted molar refractivity (Wildman–Crippen MR) is 49.5 cm³/mol. The lowest BCUT2D eigenvalue weighted by Gasteiger charge is -2.46. The van der Waals surface area contributed by atoms with Crippen molar-refractivity contribution in [2.45, 2.75) is 5.79 Å². The van der Waals surface area contributed by atoms with E-state index in [4.69, 9.17) is 0 Å². The summed E-state index contributed by atoms with van der Waals surface area (Å²) in [5.74, 6) is -0.160. The SMILES string of the molecule is CNN1CCNCC1(NC)NC. The Labute approximate surface area is 73.9 Å². The van der Waals surface area contributed by atoms with Crippen molar-refractivity contribution in [3.63, 3.8) is 0 Å². The smallest absolute Gasteiger partial charge is 0.151 e. The molecule has 0 radical (unpaired) electrons. The third kappa shape index (κ3) is 1.60. The van der Waals surface area contributed by atoms with Crippen LogP contribution in [0.1, 0.15) is 0 Å². The van der Waals surface area contributed by atoms with E-state index in [9.17, 15) is 0 Å². The minimum atomic E-state index is -0.160. The molecule has 0 aromatic rings. The van der Waals surface area contributed by atoms with Gasteiger partial charge in [0.1, 0.15) is 0 Å². The Morgan fingerprint density at radius 2 is 1.92 bits per heavy atom. The molecule has 0 atom stereocenters. The first-order chi connectivity index (χ1) is 5.79. The highest BCUT2D eigenvalue weighted by Crippen LogP contribution is 2.06. The van der Waals surface area contributed by atoms with Crippen LogP contribution in [0.3, 0.4) is 0 Å². The van der Waals surface area contributed by atoms with Crippen LogP contribution in [-0.2, 0) is 0 Å². The number of piperazine rings is 1. The maximum atomic E-state index is 3.34. The molecule has 1 saturated heterocycles. The molecule has 1 aliphatic rings. The summed E-state index contributed by atoms with van der Waals surface area (Å²) in [5.41, 5.74) is 3.16. The maximum Gasteiger partial charge on any atom is 0.151 e. The van der Waals surface area contributed by atoms with E-state index in [0.29, 0.717) is 0 Å². The van der Waals surface area contributed by atoms with Gasteiger partial charge in [0, 0.05) is 19.6 Å². The molecule has 0 aromatic carbocycles. The topological polar surface area (TPSA) is 51.4 Å². The summed E-state index contributed by atoms with van der Waals surface area (Å²) in [5, 5.41) is 12.0. The van der Waals surface area contributed by atoms with Crippen molar-refractivity contribution in [1.29, 1.82) is 0 Å². The summed E-state index contributed by atoms with van der Waals surface area (Å²) in [6.07, 6.45) is 0. The number of hydrogen-bond donors (Lipinski definition) is 4. The van der Waals surface area contributed by atoms with Gasteiger partial charge in [-0.3, -0.25) is 16.1 Å². The summed E-state index contributed by atoms with van der Waals surface area (Å²) in [6.45, 7) is 2.89. The van der Waals surface area contributed by atoms with E-state index in [0.717, 1.165) is 19.6 Å². The number of hydrazine groups is 1. The highest BCUT2D eigenvalue weighted by molar-refractivity contribution is 4.87. The van der Waals surface area contributed by atoms with Gasteiger partial charge < -0.3 is 5.32 Å². The number of nitrogens with zero attached hydrogens (tertiary/aromatic N) is 1. The van der Waals surface area contributed by atoms with Gasteiger partial charge in [0.25, 0.3) is 0 Å². The maximum absolute atomic E-state index is 3.34. The average molecular weight is 173 g/mol. The van der Waals surface area contributed by atoms with Crippen LogP contribution in [0.15, 0.2) is 0 Å². The minimum absolute atomic E-state index is 0.160. The third-order valence-electron chi connectivity index (χ3n) is 2.45. The Hall–Kier alpha value is -0.200. The molecular formula is C7H19N5.